The number of nitrogens with zero attached hydrogens (tertiary/aromatic N) is 5. The van der Waals surface area contributed by atoms with Gasteiger partial charge in [0.1, 0.15) is 11.6 Å². The Labute approximate surface area is 246 Å². The molecular formula is C29H40F2N6OS2. The molecule has 1 saturated carbocycles. The summed E-state index contributed by atoms with van der Waals surface area (Å²) >= 11 is -0.423. The fourth-order valence-electron chi connectivity index (χ4n) is 5.00. The van der Waals surface area contributed by atoms with Gasteiger partial charge in [-0.2, -0.15) is 8.81 Å². The molecule has 0 bridgehead atoms. The van der Waals surface area contributed by atoms with Gasteiger partial charge in [0, 0.05) is 49.1 Å². The van der Waals surface area contributed by atoms with Gasteiger partial charge in [-0.3, -0.25) is 19.8 Å². The van der Waals surface area contributed by atoms with Crippen molar-refractivity contribution in [1.82, 2.24) is 14.1 Å². The van der Waals surface area contributed by atoms with E-state index in [0.717, 1.165) is 51.9 Å². The van der Waals surface area contributed by atoms with Gasteiger partial charge in [-0.25, -0.2) is 5.43 Å². The van der Waals surface area contributed by atoms with Crippen molar-refractivity contribution in [3.8, 4) is 0 Å². The molecule has 40 heavy (non-hydrogen) atoms. The maximum Gasteiger partial charge on any atom is 0.179 e. The molecular weight excluding hydrogens is 550 g/mol. The predicted molar refractivity (Wildman–Crippen MR) is 165 cm³/mol. The van der Waals surface area contributed by atoms with Crippen LogP contribution in [0.1, 0.15) is 66.2 Å². The number of carbonyl (C=O) groups excluding carboxylic acids is 1. The van der Waals surface area contributed by atoms with Crippen LogP contribution < -0.4 is 10.4 Å². The standard InChI is InChI=1S/C29H40F2N6OS2/c1-6-11-28(37(39-30)40-31)35(5)33-19-24(25-20-34-36(21-25)26-12-9-8-10-13-26)18-32-22(3)23-14-16-29(4,17-15-23)27(38)7-2/h8-13,18-19,21,23,34H,6-7,14-17,20H2,1-5H3/b24-18-,28-11-,32-22?,33-19-. The fourth-order valence-corrected chi connectivity index (χ4v) is 5.61. The number of hydrazine groups is 1. The van der Waals surface area contributed by atoms with Crippen LogP contribution in [0.25, 0.3) is 0 Å². The van der Waals surface area contributed by atoms with Crippen LogP contribution in [0, 0.1) is 11.3 Å². The van der Waals surface area contributed by atoms with Crippen LogP contribution in [0.5, 0.6) is 0 Å². The summed E-state index contributed by atoms with van der Waals surface area (Å²) in [6.45, 7) is 8.53. The summed E-state index contributed by atoms with van der Waals surface area (Å²) in [4.78, 5) is 17.3. The van der Waals surface area contributed by atoms with E-state index in [-0.39, 0.29) is 35.9 Å². The summed E-state index contributed by atoms with van der Waals surface area (Å²) in [5.41, 5.74) is 6.92. The van der Waals surface area contributed by atoms with Gasteiger partial charge in [0.2, 0.25) is 0 Å². The first-order chi connectivity index (χ1) is 19.3. The lowest BCUT2D eigenvalue weighted by molar-refractivity contribution is -0.129. The lowest BCUT2D eigenvalue weighted by atomic mass is 9.68. The second-order valence-corrected chi connectivity index (χ2v) is 11.5. The fraction of sp³-hybridized carbons (Fsp3) is 0.483. The number of nitrogens with one attached hydrogen (secondary N) is 1. The van der Waals surface area contributed by atoms with Crippen molar-refractivity contribution in [3.63, 3.8) is 0 Å². The molecule has 1 aliphatic heterocycles. The Balaban J connectivity index is 1.87. The van der Waals surface area contributed by atoms with Crippen LogP contribution in [-0.2, 0) is 4.79 Å². The van der Waals surface area contributed by atoms with Crippen LogP contribution in [-0.4, -0.2) is 40.0 Å². The summed E-state index contributed by atoms with van der Waals surface area (Å²) in [5, 5.41) is 7.91. The normalized spacial score (nSPS) is 22.6. The number of hydrazone groups is 1. The lowest BCUT2D eigenvalue weighted by Gasteiger charge is -2.36. The van der Waals surface area contributed by atoms with Gasteiger partial charge < -0.3 is 0 Å². The molecule has 0 spiro atoms. The van der Waals surface area contributed by atoms with Gasteiger partial charge in [-0.1, -0.05) is 39.0 Å². The number of anilines is 1. The third-order valence-electron chi connectivity index (χ3n) is 7.61. The van der Waals surface area contributed by atoms with E-state index in [2.05, 4.69) is 17.5 Å². The lowest BCUT2D eigenvalue weighted by Crippen LogP contribution is -2.33. The summed E-state index contributed by atoms with van der Waals surface area (Å²) in [5.74, 6) is 0.954. The molecule has 1 aromatic rings. The number of hydrogen-bond donors (Lipinski definition) is 1. The molecule has 1 heterocycles. The Hall–Kier alpha value is -2.63. The van der Waals surface area contributed by atoms with Crippen LogP contribution in [0.2, 0.25) is 0 Å². The third-order valence-corrected chi connectivity index (χ3v) is 8.58. The van der Waals surface area contributed by atoms with Crippen molar-refractivity contribution < 1.29 is 12.6 Å². The number of hydrogen-bond acceptors (Lipinski definition) is 9. The Kier molecular flexibility index (Phi) is 12.3. The number of rotatable bonds is 13. The first kappa shape index (κ1) is 31.9. The van der Waals surface area contributed by atoms with Gasteiger partial charge in [0.25, 0.3) is 0 Å². The first-order valence-corrected chi connectivity index (χ1v) is 15.0. The quantitative estimate of drug-likeness (QED) is 0.142. The van der Waals surface area contributed by atoms with Crippen molar-refractivity contribution in [1.29, 1.82) is 0 Å². The maximum absolute atomic E-state index is 13.3. The third kappa shape index (κ3) is 8.20. The van der Waals surface area contributed by atoms with Crippen molar-refractivity contribution in [2.24, 2.45) is 21.4 Å². The van der Waals surface area contributed by atoms with E-state index in [1.54, 1.807) is 19.3 Å². The Morgan fingerprint density at radius 3 is 2.48 bits per heavy atom. The molecule has 1 N–H and O–H groups in total. The molecule has 11 heteroatoms. The number of aliphatic imine (C=N–C) groups is 1. The topological polar surface area (TPSA) is 63.5 Å². The van der Waals surface area contributed by atoms with E-state index in [1.165, 1.54) is 5.01 Å². The molecule has 0 radical (unpaired) electrons. The van der Waals surface area contributed by atoms with Crippen LogP contribution in [0.15, 0.2) is 75.9 Å². The van der Waals surface area contributed by atoms with Crippen LogP contribution >= 0.6 is 24.7 Å². The van der Waals surface area contributed by atoms with Crippen LogP contribution in [0.3, 0.4) is 0 Å². The molecule has 218 valence electrons. The number of carbonyl (C=O) groups is 1. The molecule has 1 fully saturated rings. The number of para-hydroxylation sites is 1. The molecule has 0 atom stereocenters. The molecule has 7 nitrogen and oxygen atoms in total. The molecule has 0 aromatic heterocycles. The van der Waals surface area contributed by atoms with E-state index < -0.39 is 0 Å². The molecule has 1 aromatic carbocycles. The van der Waals surface area contributed by atoms with Gasteiger partial charge in [-0.05, 0) is 68.7 Å². The largest absolute Gasteiger partial charge is 0.299 e. The van der Waals surface area contributed by atoms with E-state index in [4.69, 9.17) is 4.99 Å². The molecule has 0 unspecified atom stereocenters. The number of benzene rings is 1. The highest BCUT2D eigenvalue weighted by molar-refractivity contribution is 8.07. The smallest absolute Gasteiger partial charge is 0.179 e. The Morgan fingerprint density at radius 1 is 1.20 bits per heavy atom. The molecule has 3 rings (SSSR count). The minimum atomic E-state index is -0.224. The first-order valence-electron chi connectivity index (χ1n) is 13.7. The van der Waals surface area contributed by atoms with Gasteiger partial charge in [0.05, 0.1) is 11.9 Å². The summed E-state index contributed by atoms with van der Waals surface area (Å²) in [6.07, 6.45) is 12.0. The highest BCUT2D eigenvalue weighted by atomic mass is 32.3. The predicted octanol–water partition coefficient (Wildman–Crippen LogP) is 7.95. The van der Waals surface area contributed by atoms with E-state index in [9.17, 15) is 12.6 Å². The SMILES string of the molecule is CC/C=C(/N(C)/N=C\C(=C\N=C(C)C1CCC(C)(C(=O)CC)CC1)C1=CN(c2ccccc2)NC1)N(SF)SF. The maximum atomic E-state index is 13.3. The molecule has 0 amide bonds. The Bertz CT molecular complexity index is 1140. The number of ketones is 1. The van der Waals surface area contributed by atoms with Gasteiger partial charge in [-0.15, -0.1) is 7.77 Å². The van der Waals surface area contributed by atoms with Crippen molar-refractivity contribution in [2.75, 3.05) is 18.6 Å². The summed E-state index contributed by atoms with van der Waals surface area (Å²) in [7, 11) is 1.65. The number of allylic oxidation sites excluding steroid dienone is 1. The average Bonchev–Trinajstić information content (AvgIpc) is 3.47. The van der Waals surface area contributed by atoms with Crippen molar-refractivity contribution >= 4 is 48.1 Å². The van der Waals surface area contributed by atoms with E-state index in [1.807, 2.05) is 68.5 Å². The number of halogens is 2. The number of Topliss-reactive ketones (excluding diaryl/α,β-unsaturated/α-hetero) is 1. The summed E-state index contributed by atoms with van der Waals surface area (Å²) in [6, 6.07) is 9.95. The van der Waals surface area contributed by atoms with Gasteiger partial charge in [0.15, 0.2) is 24.7 Å². The van der Waals surface area contributed by atoms with E-state index >= 15 is 0 Å². The minimum absolute atomic E-state index is 0.212. The monoisotopic (exact) mass is 590 g/mol. The zero-order valence-corrected chi connectivity index (χ0v) is 25.6. The second kappa shape index (κ2) is 15.4. The zero-order chi connectivity index (χ0) is 29.1. The van der Waals surface area contributed by atoms with Crippen molar-refractivity contribution in [2.45, 2.75) is 66.2 Å². The molecule has 1 aliphatic carbocycles. The second-order valence-electron chi connectivity index (χ2n) is 10.3. The van der Waals surface area contributed by atoms with Crippen molar-refractivity contribution in [3.05, 3.63) is 65.8 Å². The molecule has 2 aliphatic rings. The Morgan fingerprint density at radius 2 is 1.88 bits per heavy atom. The molecule has 0 saturated heterocycles. The average molecular weight is 591 g/mol. The van der Waals surface area contributed by atoms with E-state index in [0.29, 0.717) is 31.1 Å². The van der Waals surface area contributed by atoms with Crippen LogP contribution in [0.4, 0.5) is 13.5 Å². The zero-order valence-electron chi connectivity index (χ0n) is 23.9. The highest BCUT2D eigenvalue weighted by Gasteiger charge is 2.36. The summed E-state index contributed by atoms with van der Waals surface area (Å²) < 4.78 is 27.5. The van der Waals surface area contributed by atoms with Gasteiger partial charge >= 0.3 is 0 Å². The minimum Gasteiger partial charge on any atom is -0.299 e. The highest BCUT2D eigenvalue weighted by Crippen LogP contribution is 2.40.